The predicted octanol–water partition coefficient (Wildman–Crippen LogP) is 4.43. The molecule has 32 heavy (non-hydrogen) atoms. The highest BCUT2D eigenvalue weighted by atomic mass is 19.1. The minimum atomic E-state index is -0.719. The first-order valence-electron chi connectivity index (χ1n) is 10.1. The Morgan fingerprint density at radius 3 is 2.41 bits per heavy atom. The van der Waals surface area contributed by atoms with Gasteiger partial charge < -0.3 is 24.7 Å². The fourth-order valence-electron chi connectivity index (χ4n) is 3.49. The van der Waals surface area contributed by atoms with Crippen LogP contribution in [0.4, 0.5) is 25.8 Å². The summed E-state index contributed by atoms with van der Waals surface area (Å²) in [7, 11) is 0. The summed E-state index contributed by atoms with van der Waals surface area (Å²) in [5, 5.41) is 5.08. The highest BCUT2D eigenvalue weighted by molar-refractivity contribution is 6.02. The molecule has 7 nitrogen and oxygen atoms in total. The van der Waals surface area contributed by atoms with Crippen LogP contribution in [-0.4, -0.2) is 31.5 Å². The first-order chi connectivity index (χ1) is 15.5. The third-order valence-corrected chi connectivity index (χ3v) is 4.93. The summed E-state index contributed by atoms with van der Waals surface area (Å²) in [6, 6.07) is 11.8. The van der Waals surface area contributed by atoms with Gasteiger partial charge in [0.25, 0.3) is 11.8 Å². The van der Waals surface area contributed by atoms with Gasteiger partial charge >= 0.3 is 0 Å². The average Bonchev–Trinajstić information content (AvgIpc) is 3.47. The third kappa shape index (κ3) is 5.05. The molecule has 0 unspecified atom stereocenters. The normalized spacial score (nSPS) is 13.1. The van der Waals surface area contributed by atoms with Crippen molar-refractivity contribution in [2.45, 2.75) is 12.8 Å². The predicted molar refractivity (Wildman–Crippen MR) is 115 cm³/mol. The van der Waals surface area contributed by atoms with Gasteiger partial charge in [0.15, 0.2) is 24.0 Å². The van der Waals surface area contributed by atoms with Crippen molar-refractivity contribution in [2.75, 3.05) is 35.2 Å². The molecule has 0 saturated carbocycles. The van der Waals surface area contributed by atoms with Crippen molar-refractivity contribution in [1.29, 1.82) is 0 Å². The lowest BCUT2D eigenvalue weighted by molar-refractivity contribution is -0.118. The van der Waals surface area contributed by atoms with E-state index in [0.29, 0.717) is 24.5 Å². The van der Waals surface area contributed by atoms with Gasteiger partial charge in [-0.15, -0.1) is 0 Å². The zero-order valence-electron chi connectivity index (χ0n) is 17.1. The van der Waals surface area contributed by atoms with E-state index in [1.165, 1.54) is 18.4 Å². The standard InChI is InChI=1S/C23H21F2N3O4/c24-18-12-16(13-19(25)22(18)28-8-1-2-9-28)26-21(29)14-32-17-6-3-5-15(11-17)27-23(30)20-7-4-10-31-20/h3-7,10-13H,1-2,8-9,14H2,(H,26,29)(H,27,30). The highest BCUT2D eigenvalue weighted by Gasteiger charge is 2.21. The molecule has 9 heteroatoms. The number of halogens is 2. The van der Waals surface area contributed by atoms with E-state index in [9.17, 15) is 18.4 Å². The Hall–Kier alpha value is -3.88. The number of rotatable bonds is 7. The van der Waals surface area contributed by atoms with Gasteiger partial charge in [-0.25, -0.2) is 8.78 Å². The van der Waals surface area contributed by atoms with Crippen LogP contribution >= 0.6 is 0 Å². The largest absolute Gasteiger partial charge is 0.484 e. The molecule has 1 aliphatic heterocycles. The summed E-state index contributed by atoms with van der Waals surface area (Å²) in [6.45, 7) is 0.829. The Balaban J connectivity index is 1.33. The fraction of sp³-hybridized carbons (Fsp3) is 0.217. The maximum Gasteiger partial charge on any atom is 0.291 e. The number of hydrogen-bond acceptors (Lipinski definition) is 5. The number of carbonyl (C=O) groups excluding carboxylic acids is 2. The zero-order chi connectivity index (χ0) is 22.5. The van der Waals surface area contributed by atoms with Gasteiger partial charge in [-0.05, 0) is 49.2 Å². The lowest BCUT2D eigenvalue weighted by Gasteiger charge is -2.19. The van der Waals surface area contributed by atoms with Crippen molar-refractivity contribution in [3.8, 4) is 5.75 Å². The van der Waals surface area contributed by atoms with Crippen molar-refractivity contribution in [3.05, 3.63) is 72.2 Å². The molecule has 2 N–H and O–H groups in total. The fourth-order valence-corrected chi connectivity index (χ4v) is 3.49. The van der Waals surface area contributed by atoms with E-state index in [-0.39, 0.29) is 23.7 Å². The number of hydrogen-bond donors (Lipinski definition) is 2. The van der Waals surface area contributed by atoms with Crippen LogP contribution in [0, 0.1) is 11.6 Å². The number of carbonyl (C=O) groups is 2. The van der Waals surface area contributed by atoms with E-state index in [1.807, 2.05) is 0 Å². The lowest BCUT2D eigenvalue weighted by atomic mass is 10.2. The van der Waals surface area contributed by atoms with Crippen molar-refractivity contribution in [3.63, 3.8) is 0 Å². The molecule has 0 aliphatic carbocycles. The van der Waals surface area contributed by atoms with Crippen molar-refractivity contribution in [2.24, 2.45) is 0 Å². The van der Waals surface area contributed by atoms with Crippen LogP contribution in [0.5, 0.6) is 5.75 Å². The summed E-state index contributed by atoms with van der Waals surface area (Å²) in [4.78, 5) is 25.9. The van der Waals surface area contributed by atoms with Gasteiger partial charge in [-0.2, -0.15) is 0 Å². The molecule has 1 aliphatic rings. The van der Waals surface area contributed by atoms with Crippen LogP contribution in [0.25, 0.3) is 0 Å². The first kappa shape index (κ1) is 21.4. The smallest absolute Gasteiger partial charge is 0.291 e. The van der Waals surface area contributed by atoms with Gasteiger partial charge in [0.1, 0.15) is 11.4 Å². The molecule has 1 saturated heterocycles. The summed E-state index contributed by atoms with van der Waals surface area (Å²) in [5.41, 5.74) is 0.395. The maximum atomic E-state index is 14.4. The Kier molecular flexibility index (Phi) is 6.34. The van der Waals surface area contributed by atoms with Crippen LogP contribution in [0.1, 0.15) is 23.4 Å². The third-order valence-electron chi connectivity index (χ3n) is 4.93. The lowest BCUT2D eigenvalue weighted by Crippen LogP contribution is -2.22. The highest BCUT2D eigenvalue weighted by Crippen LogP contribution is 2.29. The Labute approximate surface area is 183 Å². The molecule has 0 spiro atoms. The second-order valence-electron chi connectivity index (χ2n) is 7.28. The van der Waals surface area contributed by atoms with Gasteiger partial charge in [0.2, 0.25) is 0 Å². The molecule has 2 heterocycles. The van der Waals surface area contributed by atoms with E-state index < -0.39 is 23.4 Å². The van der Waals surface area contributed by atoms with E-state index in [4.69, 9.17) is 9.15 Å². The van der Waals surface area contributed by atoms with Crippen LogP contribution in [0.2, 0.25) is 0 Å². The van der Waals surface area contributed by atoms with Gasteiger partial charge in [-0.3, -0.25) is 9.59 Å². The van der Waals surface area contributed by atoms with Gasteiger partial charge in [0.05, 0.1) is 6.26 Å². The molecule has 166 valence electrons. The summed E-state index contributed by atoms with van der Waals surface area (Å²) >= 11 is 0. The van der Waals surface area contributed by atoms with E-state index >= 15 is 0 Å². The number of amides is 2. The molecule has 2 amide bonds. The maximum absolute atomic E-state index is 14.4. The number of nitrogens with zero attached hydrogens (tertiary/aromatic N) is 1. The summed E-state index contributed by atoms with van der Waals surface area (Å²) in [6.07, 6.45) is 3.18. The molecule has 3 aromatic rings. The average molecular weight is 441 g/mol. The van der Waals surface area contributed by atoms with Crippen molar-refractivity contribution >= 4 is 28.9 Å². The first-order valence-corrected chi connectivity index (χ1v) is 10.1. The Morgan fingerprint density at radius 1 is 0.969 bits per heavy atom. The topological polar surface area (TPSA) is 83.8 Å². The number of anilines is 3. The molecule has 2 aromatic carbocycles. The minimum absolute atomic E-state index is 0.0102. The minimum Gasteiger partial charge on any atom is -0.484 e. The van der Waals surface area contributed by atoms with Crippen LogP contribution in [-0.2, 0) is 4.79 Å². The number of benzene rings is 2. The Morgan fingerprint density at radius 2 is 1.72 bits per heavy atom. The van der Waals surface area contributed by atoms with E-state index in [2.05, 4.69) is 10.6 Å². The molecule has 1 fully saturated rings. The van der Waals surface area contributed by atoms with Crippen LogP contribution in [0.3, 0.4) is 0 Å². The van der Waals surface area contributed by atoms with Crippen molar-refractivity contribution in [1.82, 2.24) is 0 Å². The van der Waals surface area contributed by atoms with E-state index in [0.717, 1.165) is 25.0 Å². The number of nitrogens with one attached hydrogen (secondary N) is 2. The monoisotopic (exact) mass is 441 g/mol. The Bertz CT molecular complexity index is 1090. The summed E-state index contributed by atoms with van der Waals surface area (Å²) in [5.74, 6) is -1.95. The molecule has 4 rings (SSSR count). The molecule has 0 bridgehead atoms. The molecule has 0 atom stereocenters. The summed E-state index contributed by atoms with van der Waals surface area (Å²) < 4.78 is 39.3. The van der Waals surface area contributed by atoms with Crippen molar-refractivity contribution < 1.29 is 27.5 Å². The van der Waals surface area contributed by atoms with Gasteiger partial charge in [-0.1, -0.05) is 6.07 Å². The quantitative estimate of drug-likeness (QED) is 0.567. The zero-order valence-corrected chi connectivity index (χ0v) is 17.1. The SMILES string of the molecule is O=C(COc1cccc(NC(=O)c2ccco2)c1)Nc1cc(F)c(N2CCCC2)c(F)c1. The molecule has 0 radical (unpaired) electrons. The number of ether oxygens (including phenoxy) is 1. The van der Waals surface area contributed by atoms with Crippen LogP contribution < -0.4 is 20.3 Å². The van der Waals surface area contributed by atoms with Crippen LogP contribution in [0.15, 0.2) is 59.2 Å². The van der Waals surface area contributed by atoms with Gasteiger partial charge in [0, 0.05) is 30.5 Å². The molecule has 1 aromatic heterocycles. The molecular weight excluding hydrogens is 420 g/mol. The second-order valence-corrected chi connectivity index (χ2v) is 7.28. The molecular formula is C23H21F2N3O4. The number of furan rings is 1. The van der Waals surface area contributed by atoms with E-state index in [1.54, 1.807) is 29.2 Å². The second kappa shape index (κ2) is 9.51.